The van der Waals surface area contributed by atoms with Crippen molar-refractivity contribution in [2.75, 3.05) is 6.54 Å². The zero-order valence-corrected chi connectivity index (χ0v) is 13.9. The first kappa shape index (κ1) is 16.0. The Hall–Kier alpha value is -1.84. The van der Waals surface area contributed by atoms with E-state index in [1.165, 1.54) is 5.56 Å². The molecule has 0 bridgehead atoms. The zero-order valence-electron chi connectivity index (χ0n) is 13.9. The standard InChI is InChI=1S/C19H25NO3/c1-18(2)15(14-7-4-3-5-8-14)9-12-20(18)16(21)13-19(17(22)23)10-6-11-19/h3-5,7-8,15H,6,9-13H2,1-2H3,(H,22,23). The number of nitrogens with zero attached hydrogens (tertiary/aromatic N) is 1. The number of rotatable bonds is 4. The number of aliphatic carboxylic acids is 1. The first-order chi connectivity index (χ1) is 10.9. The van der Waals surface area contributed by atoms with Gasteiger partial charge >= 0.3 is 5.97 Å². The molecule has 1 saturated heterocycles. The van der Waals surface area contributed by atoms with Gasteiger partial charge in [-0.2, -0.15) is 0 Å². The minimum absolute atomic E-state index is 0.00414. The molecule has 1 atom stereocenters. The van der Waals surface area contributed by atoms with Crippen molar-refractivity contribution in [3.8, 4) is 0 Å². The molecule has 124 valence electrons. The Morgan fingerprint density at radius 2 is 1.87 bits per heavy atom. The van der Waals surface area contributed by atoms with Crippen LogP contribution in [0.25, 0.3) is 0 Å². The number of carboxylic acid groups (broad SMARTS) is 1. The summed E-state index contributed by atoms with van der Waals surface area (Å²) < 4.78 is 0. The molecule has 1 aliphatic heterocycles. The van der Waals surface area contributed by atoms with Gasteiger partial charge < -0.3 is 10.0 Å². The zero-order chi connectivity index (χ0) is 16.7. The van der Waals surface area contributed by atoms with Gasteiger partial charge in [-0.15, -0.1) is 0 Å². The van der Waals surface area contributed by atoms with Crippen LogP contribution in [0.5, 0.6) is 0 Å². The Labute approximate surface area is 137 Å². The fraction of sp³-hybridized carbons (Fsp3) is 0.579. The molecule has 1 aromatic carbocycles. The first-order valence-corrected chi connectivity index (χ1v) is 8.46. The number of carbonyl (C=O) groups is 2. The Morgan fingerprint density at radius 3 is 2.39 bits per heavy atom. The molecule has 0 spiro atoms. The highest BCUT2D eigenvalue weighted by molar-refractivity contribution is 5.86. The third-order valence-corrected chi connectivity index (χ3v) is 5.95. The monoisotopic (exact) mass is 315 g/mol. The second kappa shape index (κ2) is 5.66. The van der Waals surface area contributed by atoms with Crippen LogP contribution in [0, 0.1) is 5.41 Å². The summed E-state index contributed by atoms with van der Waals surface area (Å²) in [6, 6.07) is 10.3. The molecule has 2 fully saturated rings. The summed E-state index contributed by atoms with van der Waals surface area (Å²) >= 11 is 0. The van der Waals surface area contributed by atoms with E-state index < -0.39 is 11.4 Å². The molecule has 1 N–H and O–H groups in total. The minimum Gasteiger partial charge on any atom is -0.481 e. The summed E-state index contributed by atoms with van der Waals surface area (Å²) in [6.07, 6.45) is 3.25. The smallest absolute Gasteiger partial charge is 0.310 e. The van der Waals surface area contributed by atoms with Crippen LogP contribution in [0.15, 0.2) is 30.3 Å². The lowest BCUT2D eigenvalue weighted by molar-refractivity contribution is -0.160. The molecule has 2 aliphatic rings. The maximum Gasteiger partial charge on any atom is 0.310 e. The topological polar surface area (TPSA) is 57.6 Å². The first-order valence-electron chi connectivity index (χ1n) is 8.46. The van der Waals surface area contributed by atoms with Crippen LogP contribution < -0.4 is 0 Å². The summed E-state index contributed by atoms with van der Waals surface area (Å²) in [5, 5.41) is 9.46. The number of likely N-dealkylation sites (tertiary alicyclic amines) is 1. The van der Waals surface area contributed by atoms with Gasteiger partial charge in [-0.25, -0.2) is 0 Å². The van der Waals surface area contributed by atoms with Crippen molar-refractivity contribution < 1.29 is 14.7 Å². The summed E-state index contributed by atoms with van der Waals surface area (Å²) in [5.41, 5.74) is 0.171. The van der Waals surface area contributed by atoms with Crippen LogP contribution in [0.4, 0.5) is 0 Å². The van der Waals surface area contributed by atoms with Gasteiger partial charge in [0, 0.05) is 24.4 Å². The van der Waals surface area contributed by atoms with E-state index in [0.717, 1.165) is 12.8 Å². The molecule has 0 aromatic heterocycles. The number of carbonyl (C=O) groups excluding carboxylic acids is 1. The molecule has 1 aliphatic carbocycles. The van der Waals surface area contributed by atoms with E-state index >= 15 is 0 Å². The van der Waals surface area contributed by atoms with Crippen molar-refractivity contribution >= 4 is 11.9 Å². The molecule has 0 radical (unpaired) electrons. The minimum atomic E-state index is -0.811. The van der Waals surface area contributed by atoms with E-state index in [1.54, 1.807) is 0 Å². The van der Waals surface area contributed by atoms with Gasteiger partial charge in [-0.3, -0.25) is 9.59 Å². The van der Waals surface area contributed by atoms with E-state index in [4.69, 9.17) is 0 Å². The molecule has 1 aromatic rings. The lowest BCUT2D eigenvalue weighted by atomic mass is 9.66. The second-order valence-corrected chi connectivity index (χ2v) is 7.57. The summed E-state index contributed by atoms with van der Waals surface area (Å²) in [5.74, 6) is -0.515. The quantitative estimate of drug-likeness (QED) is 0.926. The predicted molar refractivity (Wildman–Crippen MR) is 88.1 cm³/mol. The number of hydrogen-bond donors (Lipinski definition) is 1. The maximum atomic E-state index is 12.8. The van der Waals surface area contributed by atoms with Crippen LogP contribution in [0.1, 0.15) is 57.4 Å². The third kappa shape index (κ3) is 2.64. The SMILES string of the molecule is CC1(C)C(c2ccccc2)CCN1C(=O)CC1(C(=O)O)CCC1. The highest BCUT2D eigenvalue weighted by Crippen LogP contribution is 2.47. The lowest BCUT2D eigenvalue weighted by Crippen LogP contribution is -2.49. The highest BCUT2D eigenvalue weighted by atomic mass is 16.4. The molecule has 4 heteroatoms. The molecular weight excluding hydrogens is 290 g/mol. The largest absolute Gasteiger partial charge is 0.481 e. The molecule has 1 saturated carbocycles. The number of hydrogen-bond acceptors (Lipinski definition) is 2. The Balaban J connectivity index is 1.76. The third-order valence-electron chi connectivity index (χ3n) is 5.95. The normalized spacial score (nSPS) is 25.0. The number of carboxylic acids is 1. The Morgan fingerprint density at radius 1 is 1.22 bits per heavy atom. The van der Waals surface area contributed by atoms with E-state index in [2.05, 4.69) is 26.0 Å². The van der Waals surface area contributed by atoms with Gasteiger partial charge in [0.2, 0.25) is 5.91 Å². The van der Waals surface area contributed by atoms with Gasteiger partial charge in [0.05, 0.1) is 5.41 Å². The van der Waals surface area contributed by atoms with Gasteiger partial charge in [0.15, 0.2) is 0 Å². The van der Waals surface area contributed by atoms with Gasteiger partial charge in [0.1, 0.15) is 0 Å². The number of benzene rings is 1. The van der Waals surface area contributed by atoms with Gasteiger partial charge in [-0.05, 0) is 38.7 Å². The molecule has 1 unspecified atom stereocenters. The molecule has 3 rings (SSSR count). The van der Waals surface area contributed by atoms with Gasteiger partial charge in [-0.1, -0.05) is 36.8 Å². The van der Waals surface area contributed by atoms with Crippen LogP contribution >= 0.6 is 0 Å². The number of amides is 1. The molecule has 1 heterocycles. The van der Waals surface area contributed by atoms with Crippen LogP contribution in [0.3, 0.4) is 0 Å². The van der Waals surface area contributed by atoms with Crippen molar-refractivity contribution in [1.29, 1.82) is 0 Å². The van der Waals surface area contributed by atoms with Crippen molar-refractivity contribution in [1.82, 2.24) is 4.90 Å². The van der Waals surface area contributed by atoms with Gasteiger partial charge in [0.25, 0.3) is 0 Å². The predicted octanol–water partition coefficient (Wildman–Crippen LogP) is 3.43. The van der Waals surface area contributed by atoms with Crippen molar-refractivity contribution in [2.24, 2.45) is 5.41 Å². The maximum absolute atomic E-state index is 12.8. The van der Waals surface area contributed by atoms with E-state index in [0.29, 0.717) is 25.3 Å². The summed E-state index contributed by atoms with van der Waals surface area (Å²) in [7, 11) is 0. The highest BCUT2D eigenvalue weighted by Gasteiger charge is 2.50. The van der Waals surface area contributed by atoms with E-state index in [9.17, 15) is 14.7 Å². The second-order valence-electron chi connectivity index (χ2n) is 7.57. The van der Waals surface area contributed by atoms with E-state index in [-0.39, 0.29) is 17.9 Å². The van der Waals surface area contributed by atoms with Crippen molar-refractivity contribution in [3.63, 3.8) is 0 Å². The molecular formula is C19H25NO3. The average molecular weight is 315 g/mol. The van der Waals surface area contributed by atoms with Crippen molar-refractivity contribution in [3.05, 3.63) is 35.9 Å². The summed E-state index contributed by atoms with van der Waals surface area (Å²) in [4.78, 5) is 26.3. The summed E-state index contributed by atoms with van der Waals surface area (Å²) in [6.45, 7) is 4.91. The molecule has 4 nitrogen and oxygen atoms in total. The van der Waals surface area contributed by atoms with Crippen LogP contribution in [-0.2, 0) is 9.59 Å². The lowest BCUT2D eigenvalue weighted by Gasteiger charge is -2.41. The fourth-order valence-electron chi connectivity index (χ4n) is 4.25. The Kier molecular flexibility index (Phi) is 3.95. The van der Waals surface area contributed by atoms with Crippen molar-refractivity contribution in [2.45, 2.75) is 57.4 Å². The fourth-order valence-corrected chi connectivity index (χ4v) is 4.25. The van der Waals surface area contributed by atoms with Crippen LogP contribution in [-0.4, -0.2) is 34.0 Å². The van der Waals surface area contributed by atoms with Crippen LogP contribution in [0.2, 0.25) is 0 Å². The molecule has 1 amide bonds. The Bertz CT molecular complexity index is 604. The molecule has 23 heavy (non-hydrogen) atoms. The van der Waals surface area contributed by atoms with E-state index in [1.807, 2.05) is 23.1 Å². The average Bonchev–Trinajstić information content (AvgIpc) is 2.78.